The predicted octanol–water partition coefficient (Wildman–Crippen LogP) is 3.15. The molecule has 1 amide bonds. The third-order valence-electron chi connectivity index (χ3n) is 4.84. The van der Waals surface area contributed by atoms with Crippen LogP contribution in [0.2, 0.25) is 0 Å². The summed E-state index contributed by atoms with van der Waals surface area (Å²) in [6.07, 6.45) is 2.96. The van der Waals surface area contributed by atoms with Crippen LogP contribution in [0, 0.1) is 0 Å². The predicted molar refractivity (Wildman–Crippen MR) is 103 cm³/mol. The van der Waals surface area contributed by atoms with Gasteiger partial charge in [0.1, 0.15) is 5.75 Å². The lowest BCUT2D eigenvalue weighted by atomic mass is 10.0. The molecule has 5 heteroatoms. The number of likely N-dealkylation sites (tertiary alicyclic amines) is 1. The van der Waals surface area contributed by atoms with Crippen molar-refractivity contribution < 1.29 is 14.6 Å². The Labute approximate surface area is 154 Å². The highest BCUT2D eigenvalue weighted by Gasteiger charge is 2.28. The van der Waals surface area contributed by atoms with Crippen LogP contribution in [0.3, 0.4) is 0 Å². The van der Waals surface area contributed by atoms with Gasteiger partial charge >= 0.3 is 0 Å². The number of carbonyl (C=O) groups excluding carboxylic acids is 1. The van der Waals surface area contributed by atoms with Crippen LogP contribution in [0.5, 0.6) is 5.75 Å². The number of aliphatic hydroxyl groups excluding tert-OH is 1. The molecule has 0 unspecified atom stereocenters. The Morgan fingerprint density at radius 1 is 1.19 bits per heavy atom. The van der Waals surface area contributed by atoms with Crippen molar-refractivity contribution in [1.82, 2.24) is 4.90 Å². The molecule has 138 valence electrons. The van der Waals surface area contributed by atoms with Crippen molar-refractivity contribution in [2.24, 2.45) is 0 Å². The zero-order valence-electron chi connectivity index (χ0n) is 15.1. The highest BCUT2D eigenvalue weighted by atomic mass is 16.5. The van der Waals surface area contributed by atoms with Crippen LogP contribution in [0.15, 0.2) is 48.5 Å². The van der Waals surface area contributed by atoms with Gasteiger partial charge in [-0.1, -0.05) is 30.7 Å². The number of methoxy groups -OCH3 is 1. The number of β-amino-alcohol motifs (C(OH)–C–C–N with tert-alkyl or cyclic N) is 1. The number of rotatable bonds is 6. The molecular formula is C21H26N2O3. The first-order chi connectivity index (χ1) is 12.7. The summed E-state index contributed by atoms with van der Waals surface area (Å²) in [5.74, 6) is 0.805. The summed E-state index contributed by atoms with van der Waals surface area (Å²) in [5, 5.41) is 12.3. The summed E-state index contributed by atoms with van der Waals surface area (Å²) in [6, 6.07) is 15.5. The van der Waals surface area contributed by atoms with Gasteiger partial charge in [0.15, 0.2) is 0 Å². The Balaban J connectivity index is 1.74. The largest absolute Gasteiger partial charge is 0.497 e. The highest BCUT2D eigenvalue weighted by molar-refractivity contribution is 5.95. The summed E-state index contributed by atoms with van der Waals surface area (Å²) in [5.41, 5.74) is 2.85. The van der Waals surface area contributed by atoms with E-state index in [0.717, 1.165) is 48.4 Å². The fraction of sp³-hybridized carbons (Fsp3) is 0.381. The number of carbonyl (C=O) groups is 1. The molecule has 0 aromatic heterocycles. The minimum Gasteiger partial charge on any atom is -0.497 e. The Kier molecular flexibility index (Phi) is 6.26. The average Bonchev–Trinajstić information content (AvgIpc) is 2.69. The van der Waals surface area contributed by atoms with Gasteiger partial charge in [0.25, 0.3) is 0 Å². The molecule has 3 rings (SSSR count). The molecule has 1 fully saturated rings. The lowest BCUT2D eigenvalue weighted by molar-refractivity contribution is -0.122. The minimum atomic E-state index is -0.170. The fourth-order valence-corrected chi connectivity index (χ4v) is 3.49. The van der Waals surface area contributed by atoms with Gasteiger partial charge in [-0.05, 0) is 54.8 Å². The molecule has 1 saturated heterocycles. The maximum absolute atomic E-state index is 12.7. The third kappa shape index (κ3) is 4.42. The fourth-order valence-electron chi connectivity index (χ4n) is 3.49. The van der Waals surface area contributed by atoms with Crippen LogP contribution in [-0.2, 0) is 4.79 Å². The number of piperidine rings is 1. The first-order valence-corrected chi connectivity index (χ1v) is 9.11. The highest BCUT2D eigenvalue weighted by Crippen LogP contribution is 2.26. The van der Waals surface area contributed by atoms with E-state index in [4.69, 9.17) is 4.74 Å². The van der Waals surface area contributed by atoms with Crippen LogP contribution in [-0.4, -0.2) is 48.8 Å². The van der Waals surface area contributed by atoms with Crippen LogP contribution in [0.4, 0.5) is 5.69 Å². The topological polar surface area (TPSA) is 61.8 Å². The summed E-state index contributed by atoms with van der Waals surface area (Å²) >= 11 is 0. The van der Waals surface area contributed by atoms with Gasteiger partial charge in [-0.25, -0.2) is 0 Å². The van der Waals surface area contributed by atoms with Crippen LogP contribution >= 0.6 is 0 Å². The van der Waals surface area contributed by atoms with Gasteiger partial charge in [-0.3, -0.25) is 9.69 Å². The monoisotopic (exact) mass is 354 g/mol. The number of anilines is 1. The number of aliphatic hydroxyl groups is 1. The van der Waals surface area contributed by atoms with Crippen molar-refractivity contribution in [3.8, 4) is 16.9 Å². The van der Waals surface area contributed by atoms with Crippen molar-refractivity contribution in [3.05, 3.63) is 48.5 Å². The SMILES string of the molecule is COc1cccc(-c2cccc(NC(=O)[C@H]3CCCCN3CCO)c2)c1. The number of amides is 1. The molecule has 0 radical (unpaired) electrons. The Morgan fingerprint density at radius 2 is 1.96 bits per heavy atom. The van der Waals surface area contributed by atoms with Gasteiger partial charge < -0.3 is 15.2 Å². The van der Waals surface area contributed by atoms with E-state index in [-0.39, 0.29) is 18.6 Å². The van der Waals surface area contributed by atoms with E-state index in [2.05, 4.69) is 10.2 Å². The van der Waals surface area contributed by atoms with Crippen LogP contribution in [0.1, 0.15) is 19.3 Å². The van der Waals surface area contributed by atoms with Gasteiger partial charge in [0, 0.05) is 12.2 Å². The molecule has 2 aromatic carbocycles. The molecule has 1 aliphatic rings. The molecule has 2 N–H and O–H groups in total. The Bertz CT molecular complexity index is 746. The molecule has 0 saturated carbocycles. The van der Waals surface area contributed by atoms with Crippen molar-refractivity contribution in [2.75, 3.05) is 32.1 Å². The lowest BCUT2D eigenvalue weighted by Gasteiger charge is -2.34. The molecule has 0 bridgehead atoms. The molecule has 2 aromatic rings. The van der Waals surface area contributed by atoms with Crippen molar-refractivity contribution in [3.63, 3.8) is 0 Å². The van der Waals surface area contributed by atoms with E-state index in [9.17, 15) is 9.90 Å². The van der Waals surface area contributed by atoms with E-state index in [1.165, 1.54) is 0 Å². The first-order valence-electron chi connectivity index (χ1n) is 9.11. The molecule has 5 nitrogen and oxygen atoms in total. The number of nitrogens with zero attached hydrogens (tertiary/aromatic N) is 1. The number of nitrogens with one attached hydrogen (secondary N) is 1. The molecule has 1 aliphatic heterocycles. The van der Waals surface area contributed by atoms with Crippen LogP contribution in [0.25, 0.3) is 11.1 Å². The smallest absolute Gasteiger partial charge is 0.241 e. The molecular weight excluding hydrogens is 328 g/mol. The second-order valence-corrected chi connectivity index (χ2v) is 6.57. The van der Waals surface area contributed by atoms with Gasteiger partial charge in [0.05, 0.1) is 19.8 Å². The summed E-state index contributed by atoms with van der Waals surface area (Å²) in [6.45, 7) is 1.49. The quantitative estimate of drug-likeness (QED) is 0.837. The van der Waals surface area contributed by atoms with Crippen molar-refractivity contribution in [1.29, 1.82) is 0 Å². The standard InChI is InChI=1S/C21H26N2O3/c1-26-19-9-5-7-17(15-19)16-6-4-8-18(14-16)22-21(25)20-10-2-3-11-23(20)12-13-24/h4-9,14-15,20,24H,2-3,10-13H2,1H3,(H,22,25)/t20-/m1/s1. The van der Waals surface area contributed by atoms with E-state index < -0.39 is 0 Å². The van der Waals surface area contributed by atoms with Crippen molar-refractivity contribution in [2.45, 2.75) is 25.3 Å². The van der Waals surface area contributed by atoms with E-state index in [1.54, 1.807) is 7.11 Å². The van der Waals surface area contributed by atoms with Gasteiger partial charge in [-0.2, -0.15) is 0 Å². The molecule has 1 atom stereocenters. The third-order valence-corrected chi connectivity index (χ3v) is 4.84. The number of benzene rings is 2. The zero-order chi connectivity index (χ0) is 18.4. The number of ether oxygens (including phenoxy) is 1. The van der Waals surface area contributed by atoms with Gasteiger partial charge in [0.2, 0.25) is 5.91 Å². The average molecular weight is 354 g/mol. The molecule has 0 aliphatic carbocycles. The molecule has 1 heterocycles. The van der Waals surface area contributed by atoms with Gasteiger partial charge in [-0.15, -0.1) is 0 Å². The Hall–Kier alpha value is -2.37. The summed E-state index contributed by atoms with van der Waals surface area (Å²) in [7, 11) is 1.65. The normalized spacial score (nSPS) is 17.7. The maximum atomic E-state index is 12.7. The zero-order valence-corrected chi connectivity index (χ0v) is 15.1. The van der Waals surface area contributed by atoms with Crippen molar-refractivity contribution >= 4 is 11.6 Å². The lowest BCUT2D eigenvalue weighted by Crippen LogP contribution is -2.48. The summed E-state index contributed by atoms with van der Waals surface area (Å²) < 4.78 is 5.29. The summed E-state index contributed by atoms with van der Waals surface area (Å²) in [4.78, 5) is 14.8. The Morgan fingerprint density at radius 3 is 2.73 bits per heavy atom. The second kappa shape index (κ2) is 8.83. The minimum absolute atomic E-state index is 0.000872. The van der Waals surface area contributed by atoms with E-state index in [0.29, 0.717) is 6.54 Å². The van der Waals surface area contributed by atoms with E-state index in [1.807, 2.05) is 48.5 Å². The van der Waals surface area contributed by atoms with Crippen LogP contribution < -0.4 is 10.1 Å². The second-order valence-electron chi connectivity index (χ2n) is 6.57. The molecule has 26 heavy (non-hydrogen) atoms. The first kappa shape index (κ1) is 18.4. The van der Waals surface area contributed by atoms with E-state index >= 15 is 0 Å². The maximum Gasteiger partial charge on any atom is 0.241 e. The molecule has 0 spiro atoms. The number of hydrogen-bond donors (Lipinski definition) is 2. The number of hydrogen-bond acceptors (Lipinski definition) is 4.